The minimum atomic E-state index is -0.693. The van der Waals surface area contributed by atoms with Gasteiger partial charge in [-0.3, -0.25) is 4.79 Å². The number of unbranched alkanes of at least 4 members (excludes halogenated alkanes) is 1. The maximum absolute atomic E-state index is 11.0. The standard InChI is InChI=1S/C16H34N2O2/c1-6-17(7-2)10-8-9-11-18(12-14(3)4)13-15(5)16(19)20/h14-15H,6-13H2,1-5H3,(H,19,20). The van der Waals surface area contributed by atoms with Crippen molar-refractivity contribution >= 4 is 5.97 Å². The molecule has 1 N–H and O–H groups in total. The summed E-state index contributed by atoms with van der Waals surface area (Å²) in [6, 6.07) is 0. The molecule has 0 heterocycles. The zero-order valence-electron chi connectivity index (χ0n) is 14.1. The molecule has 0 aliphatic rings. The number of hydrogen-bond donors (Lipinski definition) is 1. The highest BCUT2D eigenvalue weighted by Gasteiger charge is 2.16. The Bertz CT molecular complexity index is 253. The van der Waals surface area contributed by atoms with Crippen LogP contribution in [0.15, 0.2) is 0 Å². The second-order valence-electron chi connectivity index (χ2n) is 6.13. The summed E-state index contributed by atoms with van der Waals surface area (Å²) in [4.78, 5) is 15.7. The lowest BCUT2D eigenvalue weighted by atomic mass is 10.1. The molecule has 1 atom stereocenters. The van der Waals surface area contributed by atoms with E-state index in [1.807, 2.05) is 0 Å². The second kappa shape index (κ2) is 11.1. The number of carbonyl (C=O) groups is 1. The van der Waals surface area contributed by atoms with Gasteiger partial charge in [0, 0.05) is 13.1 Å². The molecule has 0 radical (unpaired) electrons. The summed E-state index contributed by atoms with van der Waals surface area (Å²) in [5, 5.41) is 9.04. The fourth-order valence-corrected chi connectivity index (χ4v) is 2.45. The largest absolute Gasteiger partial charge is 0.481 e. The van der Waals surface area contributed by atoms with Crippen molar-refractivity contribution in [2.75, 3.05) is 39.3 Å². The summed E-state index contributed by atoms with van der Waals surface area (Å²) in [6.07, 6.45) is 2.34. The van der Waals surface area contributed by atoms with Gasteiger partial charge in [0.25, 0.3) is 0 Å². The van der Waals surface area contributed by atoms with Crippen LogP contribution in [-0.2, 0) is 4.79 Å². The van der Waals surface area contributed by atoms with Crippen LogP contribution in [0.25, 0.3) is 0 Å². The summed E-state index contributed by atoms with van der Waals surface area (Å²) in [7, 11) is 0. The van der Waals surface area contributed by atoms with E-state index < -0.39 is 5.97 Å². The van der Waals surface area contributed by atoms with Gasteiger partial charge in [0.2, 0.25) is 0 Å². The fourth-order valence-electron chi connectivity index (χ4n) is 2.45. The SMILES string of the molecule is CCN(CC)CCCCN(CC(C)C)CC(C)C(=O)O. The Kier molecular flexibility index (Phi) is 10.8. The first-order valence-corrected chi connectivity index (χ1v) is 8.08. The van der Waals surface area contributed by atoms with Crippen molar-refractivity contribution in [3.05, 3.63) is 0 Å². The Morgan fingerprint density at radius 3 is 1.85 bits per heavy atom. The van der Waals surface area contributed by atoms with Gasteiger partial charge in [0.15, 0.2) is 0 Å². The van der Waals surface area contributed by atoms with E-state index >= 15 is 0 Å². The van der Waals surface area contributed by atoms with Crippen LogP contribution in [0, 0.1) is 11.8 Å². The highest BCUT2D eigenvalue weighted by Crippen LogP contribution is 2.07. The van der Waals surface area contributed by atoms with E-state index in [1.165, 1.54) is 6.42 Å². The summed E-state index contributed by atoms with van der Waals surface area (Å²) < 4.78 is 0. The Hall–Kier alpha value is -0.610. The molecule has 120 valence electrons. The molecule has 20 heavy (non-hydrogen) atoms. The van der Waals surface area contributed by atoms with Crippen LogP contribution in [0.2, 0.25) is 0 Å². The van der Waals surface area contributed by atoms with Crippen LogP contribution < -0.4 is 0 Å². The molecule has 0 saturated carbocycles. The number of hydrogen-bond acceptors (Lipinski definition) is 3. The quantitative estimate of drug-likeness (QED) is 0.560. The number of carboxylic acids is 1. The summed E-state index contributed by atoms with van der Waals surface area (Å²) >= 11 is 0. The first-order chi connectivity index (χ1) is 9.40. The molecule has 4 heteroatoms. The molecule has 0 amide bonds. The lowest BCUT2D eigenvalue weighted by Crippen LogP contribution is -2.35. The van der Waals surface area contributed by atoms with E-state index in [2.05, 4.69) is 37.5 Å². The van der Waals surface area contributed by atoms with E-state index in [9.17, 15) is 4.79 Å². The Morgan fingerprint density at radius 2 is 1.45 bits per heavy atom. The predicted octanol–water partition coefficient (Wildman–Crippen LogP) is 2.79. The number of nitrogens with zero attached hydrogens (tertiary/aromatic N) is 2. The van der Waals surface area contributed by atoms with E-state index in [4.69, 9.17) is 5.11 Å². The molecule has 0 rings (SSSR count). The predicted molar refractivity (Wildman–Crippen MR) is 85.1 cm³/mol. The van der Waals surface area contributed by atoms with Crippen LogP contribution in [0.3, 0.4) is 0 Å². The van der Waals surface area contributed by atoms with Crippen LogP contribution in [0.1, 0.15) is 47.5 Å². The van der Waals surface area contributed by atoms with E-state index in [0.29, 0.717) is 12.5 Å². The van der Waals surface area contributed by atoms with Crippen molar-refractivity contribution in [3.8, 4) is 0 Å². The van der Waals surface area contributed by atoms with Crippen molar-refractivity contribution in [1.29, 1.82) is 0 Å². The zero-order valence-corrected chi connectivity index (χ0v) is 14.1. The number of aliphatic carboxylic acids is 1. The highest BCUT2D eigenvalue weighted by atomic mass is 16.4. The average molecular weight is 286 g/mol. The first-order valence-electron chi connectivity index (χ1n) is 8.08. The summed E-state index contributed by atoms with van der Waals surface area (Å²) in [6.45, 7) is 16.6. The molecule has 0 spiro atoms. The van der Waals surface area contributed by atoms with Gasteiger partial charge in [-0.15, -0.1) is 0 Å². The van der Waals surface area contributed by atoms with E-state index in [-0.39, 0.29) is 5.92 Å². The van der Waals surface area contributed by atoms with Gasteiger partial charge in [-0.25, -0.2) is 0 Å². The van der Waals surface area contributed by atoms with Crippen LogP contribution in [0.5, 0.6) is 0 Å². The smallest absolute Gasteiger partial charge is 0.307 e. The van der Waals surface area contributed by atoms with Crippen LogP contribution in [0.4, 0.5) is 0 Å². The Balaban J connectivity index is 4.07. The maximum Gasteiger partial charge on any atom is 0.307 e. The molecule has 0 bridgehead atoms. The molecular formula is C16H34N2O2. The molecule has 1 unspecified atom stereocenters. The average Bonchev–Trinajstić information content (AvgIpc) is 2.37. The van der Waals surface area contributed by atoms with Crippen molar-refractivity contribution in [1.82, 2.24) is 9.80 Å². The molecular weight excluding hydrogens is 252 g/mol. The van der Waals surface area contributed by atoms with Gasteiger partial charge < -0.3 is 14.9 Å². The van der Waals surface area contributed by atoms with Crippen molar-refractivity contribution in [2.24, 2.45) is 11.8 Å². The molecule has 0 aromatic carbocycles. The van der Waals surface area contributed by atoms with Crippen molar-refractivity contribution in [2.45, 2.75) is 47.5 Å². The Morgan fingerprint density at radius 1 is 0.950 bits per heavy atom. The van der Waals surface area contributed by atoms with Crippen LogP contribution >= 0.6 is 0 Å². The minimum Gasteiger partial charge on any atom is -0.481 e. The van der Waals surface area contributed by atoms with E-state index in [1.54, 1.807) is 6.92 Å². The summed E-state index contributed by atoms with van der Waals surface area (Å²) in [5.74, 6) is -0.391. The maximum atomic E-state index is 11.0. The van der Waals surface area contributed by atoms with Gasteiger partial charge in [-0.2, -0.15) is 0 Å². The Labute approximate surface area is 125 Å². The monoisotopic (exact) mass is 286 g/mol. The summed E-state index contributed by atoms with van der Waals surface area (Å²) in [5.41, 5.74) is 0. The molecule has 0 fully saturated rings. The zero-order chi connectivity index (χ0) is 15.5. The molecule has 0 saturated heterocycles. The molecule has 0 aromatic heterocycles. The topological polar surface area (TPSA) is 43.8 Å². The van der Waals surface area contributed by atoms with Crippen molar-refractivity contribution < 1.29 is 9.90 Å². The van der Waals surface area contributed by atoms with Gasteiger partial charge in [-0.1, -0.05) is 34.6 Å². The normalized spacial score (nSPS) is 13.4. The number of carboxylic acid groups (broad SMARTS) is 1. The van der Waals surface area contributed by atoms with Gasteiger partial charge >= 0.3 is 5.97 Å². The minimum absolute atomic E-state index is 0.281. The van der Waals surface area contributed by atoms with Crippen LogP contribution in [-0.4, -0.2) is 60.1 Å². The molecule has 0 aliphatic carbocycles. The lowest BCUT2D eigenvalue weighted by Gasteiger charge is -2.26. The van der Waals surface area contributed by atoms with Gasteiger partial charge in [-0.05, 0) is 44.9 Å². The third-order valence-electron chi connectivity index (χ3n) is 3.67. The molecule has 4 nitrogen and oxygen atoms in total. The number of rotatable bonds is 12. The highest BCUT2D eigenvalue weighted by molar-refractivity contribution is 5.69. The van der Waals surface area contributed by atoms with Gasteiger partial charge in [0.1, 0.15) is 0 Å². The molecule has 0 aliphatic heterocycles. The lowest BCUT2D eigenvalue weighted by molar-refractivity contribution is -0.141. The second-order valence-corrected chi connectivity index (χ2v) is 6.13. The fraction of sp³-hybridized carbons (Fsp3) is 0.938. The third-order valence-corrected chi connectivity index (χ3v) is 3.67. The van der Waals surface area contributed by atoms with Crippen molar-refractivity contribution in [3.63, 3.8) is 0 Å². The van der Waals surface area contributed by atoms with Gasteiger partial charge in [0.05, 0.1) is 5.92 Å². The molecule has 0 aromatic rings. The third kappa shape index (κ3) is 9.32. The van der Waals surface area contributed by atoms with E-state index in [0.717, 1.165) is 39.1 Å². The first kappa shape index (κ1) is 19.4.